The summed E-state index contributed by atoms with van der Waals surface area (Å²) in [4.78, 5) is 88.8. The van der Waals surface area contributed by atoms with Crippen molar-refractivity contribution in [2.24, 2.45) is 0 Å². The summed E-state index contributed by atoms with van der Waals surface area (Å²) in [6.45, 7) is 3.96. The third-order valence-corrected chi connectivity index (χ3v) is 10.6. The molecule has 1 unspecified atom stereocenters. The van der Waals surface area contributed by atoms with Crippen molar-refractivity contribution in [3.63, 3.8) is 0 Å². The number of carbonyl (C=O) groups is 6. The van der Waals surface area contributed by atoms with Crippen molar-refractivity contribution in [1.82, 2.24) is 41.0 Å². The van der Waals surface area contributed by atoms with Crippen molar-refractivity contribution >= 4 is 81.7 Å². The van der Waals surface area contributed by atoms with Gasteiger partial charge >= 0.3 is 6.03 Å². The number of amides is 7. The molecular formula is C41H45ClN12O6. The lowest BCUT2D eigenvalue weighted by Crippen LogP contribution is -2.52. The van der Waals surface area contributed by atoms with Gasteiger partial charge in [0, 0.05) is 94.9 Å². The molecule has 3 aromatic carbocycles. The second-order valence-electron chi connectivity index (χ2n) is 14.3. The molecule has 0 spiro atoms. The van der Waals surface area contributed by atoms with Crippen molar-refractivity contribution < 1.29 is 28.8 Å². The Morgan fingerprint density at radius 3 is 2.43 bits per heavy atom. The van der Waals surface area contributed by atoms with E-state index in [1.807, 2.05) is 30.3 Å². The van der Waals surface area contributed by atoms with E-state index < -0.39 is 11.9 Å². The van der Waals surface area contributed by atoms with E-state index in [0.29, 0.717) is 90.7 Å². The highest BCUT2D eigenvalue weighted by molar-refractivity contribution is 6.33. The van der Waals surface area contributed by atoms with Gasteiger partial charge in [0.1, 0.15) is 11.1 Å². The molecule has 1 aromatic heterocycles. The quantitative estimate of drug-likeness (QED) is 0.0719. The first-order chi connectivity index (χ1) is 29.1. The number of anilines is 6. The smallest absolute Gasteiger partial charge is 0.317 e. The van der Waals surface area contributed by atoms with Crippen LogP contribution in [0.25, 0.3) is 0 Å². The van der Waals surface area contributed by atoms with E-state index in [0.717, 1.165) is 11.4 Å². The number of urea groups is 1. The molecule has 0 saturated carbocycles. The number of aromatic nitrogens is 2. The van der Waals surface area contributed by atoms with Gasteiger partial charge in [-0.05, 0) is 66.6 Å². The van der Waals surface area contributed by atoms with Crippen molar-refractivity contribution in [2.45, 2.75) is 31.8 Å². The highest BCUT2D eigenvalue weighted by atomic mass is 35.5. The molecule has 60 heavy (non-hydrogen) atoms. The number of imide groups is 1. The number of halogens is 1. The van der Waals surface area contributed by atoms with Gasteiger partial charge in [-0.3, -0.25) is 29.3 Å². The van der Waals surface area contributed by atoms with Gasteiger partial charge in [-0.15, -0.1) is 0 Å². The van der Waals surface area contributed by atoms with Crippen LogP contribution in [0.15, 0.2) is 72.9 Å². The molecule has 2 fully saturated rings. The Labute approximate surface area is 350 Å². The molecule has 3 aliphatic rings. The maximum atomic E-state index is 12.9. The van der Waals surface area contributed by atoms with Gasteiger partial charge in [-0.2, -0.15) is 4.98 Å². The minimum Gasteiger partial charge on any atom is -0.368 e. The maximum absolute atomic E-state index is 12.9. The number of piperazine rings is 1. The first kappa shape index (κ1) is 41.4. The molecule has 19 heteroatoms. The van der Waals surface area contributed by atoms with E-state index in [1.165, 1.54) is 11.1 Å². The molecule has 4 aromatic rings. The standard InChI is InChI=1S/C41H45ClN12O6/c1-43-37(57)30-4-2-3-5-32(30)49-36-31(42)23-46-40(51-36)48-26-6-9-28(10-7-26)52-18-20-53(21-19-52)41(60)45-17-16-44-15-14-35(56)47-27-8-11-29-25(22-27)24-54(39(29)59)33-12-13-34(55)50-38(33)58/h2-11,22-23,33,44H,12-21,24H2,1H3,(H,43,57)(H,45,60)(H,47,56)(H,50,55,58)(H2,46,48,49,51). The summed E-state index contributed by atoms with van der Waals surface area (Å²) in [7, 11) is 1.57. The summed E-state index contributed by atoms with van der Waals surface area (Å²) >= 11 is 6.38. The predicted octanol–water partition coefficient (Wildman–Crippen LogP) is 3.19. The Kier molecular flexibility index (Phi) is 13.0. The minimum absolute atomic E-state index is 0.144. The van der Waals surface area contributed by atoms with E-state index in [-0.39, 0.29) is 55.5 Å². The Bertz CT molecular complexity index is 2280. The Morgan fingerprint density at radius 2 is 1.67 bits per heavy atom. The van der Waals surface area contributed by atoms with Crippen LogP contribution in [0.1, 0.15) is 45.5 Å². The van der Waals surface area contributed by atoms with Crippen LogP contribution in [0.4, 0.5) is 39.3 Å². The number of rotatable bonds is 14. The van der Waals surface area contributed by atoms with Crippen LogP contribution < -0.4 is 42.1 Å². The number of benzene rings is 3. The summed E-state index contributed by atoms with van der Waals surface area (Å²) in [5.74, 6) is -0.859. The lowest BCUT2D eigenvalue weighted by atomic mass is 10.0. The summed E-state index contributed by atoms with van der Waals surface area (Å²) < 4.78 is 0. The molecule has 7 N–H and O–H groups in total. The van der Waals surface area contributed by atoms with E-state index in [2.05, 4.69) is 52.1 Å². The van der Waals surface area contributed by atoms with Gasteiger partial charge in [0.2, 0.25) is 23.7 Å². The topological polar surface area (TPSA) is 222 Å². The second-order valence-corrected chi connectivity index (χ2v) is 14.7. The molecule has 3 aliphatic heterocycles. The average Bonchev–Trinajstić information content (AvgIpc) is 3.57. The lowest BCUT2D eigenvalue weighted by Gasteiger charge is -2.36. The molecule has 7 amide bonds. The molecule has 18 nitrogen and oxygen atoms in total. The molecule has 2 saturated heterocycles. The third kappa shape index (κ3) is 9.90. The molecule has 0 aliphatic carbocycles. The second kappa shape index (κ2) is 18.9. The fourth-order valence-electron chi connectivity index (χ4n) is 7.19. The van der Waals surface area contributed by atoms with Crippen LogP contribution in [0.2, 0.25) is 5.02 Å². The number of nitrogens with one attached hydrogen (secondary N) is 7. The van der Waals surface area contributed by atoms with Crippen LogP contribution in [-0.4, -0.2) is 114 Å². The zero-order valence-electron chi connectivity index (χ0n) is 32.8. The molecule has 0 bridgehead atoms. The predicted molar refractivity (Wildman–Crippen MR) is 226 cm³/mol. The fourth-order valence-corrected chi connectivity index (χ4v) is 7.33. The highest BCUT2D eigenvalue weighted by Crippen LogP contribution is 2.30. The van der Waals surface area contributed by atoms with Crippen molar-refractivity contribution in [3.8, 4) is 0 Å². The monoisotopic (exact) mass is 836 g/mol. The molecule has 0 radical (unpaired) electrons. The number of fused-ring (bicyclic) bond motifs is 1. The molecular weight excluding hydrogens is 792 g/mol. The Morgan fingerprint density at radius 1 is 0.900 bits per heavy atom. The van der Waals surface area contributed by atoms with Crippen LogP contribution in [0.5, 0.6) is 0 Å². The third-order valence-electron chi connectivity index (χ3n) is 10.4. The van der Waals surface area contributed by atoms with E-state index >= 15 is 0 Å². The van der Waals surface area contributed by atoms with E-state index in [4.69, 9.17) is 11.6 Å². The van der Waals surface area contributed by atoms with Crippen molar-refractivity contribution in [3.05, 3.63) is 94.6 Å². The fraction of sp³-hybridized carbons (Fsp3) is 0.317. The van der Waals surface area contributed by atoms with Gasteiger partial charge in [0.15, 0.2) is 5.82 Å². The summed E-state index contributed by atoms with van der Waals surface area (Å²) in [5.41, 5.74) is 4.52. The first-order valence-electron chi connectivity index (χ1n) is 19.6. The summed E-state index contributed by atoms with van der Waals surface area (Å²) in [6.07, 6.45) is 2.15. The minimum atomic E-state index is -0.699. The number of nitrogens with zero attached hydrogens (tertiary/aromatic N) is 5. The largest absolute Gasteiger partial charge is 0.368 e. The zero-order chi connectivity index (χ0) is 42.2. The number of piperidine rings is 1. The van der Waals surface area contributed by atoms with E-state index in [9.17, 15) is 28.8 Å². The summed E-state index contributed by atoms with van der Waals surface area (Å²) in [5, 5.41) is 20.5. The van der Waals surface area contributed by atoms with Crippen LogP contribution in [0, 0.1) is 0 Å². The van der Waals surface area contributed by atoms with Gasteiger partial charge < -0.3 is 46.6 Å². The van der Waals surface area contributed by atoms with Crippen molar-refractivity contribution in [1.29, 1.82) is 0 Å². The highest BCUT2D eigenvalue weighted by Gasteiger charge is 2.39. The molecule has 4 heterocycles. The number of hydrogen-bond donors (Lipinski definition) is 7. The SMILES string of the molecule is CNC(=O)c1ccccc1Nc1nc(Nc2ccc(N3CCN(C(=O)NCCNCCC(=O)Nc4ccc5c(c4)CN(C4CCC(=O)NC4=O)C5=O)CC3)cc2)ncc1Cl. The van der Waals surface area contributed by atoms with Gasteiger partial charge in [0.05, 0.1) is 17.4 Å². The van der Waals surface area contributed by atoms with Crippen LogP contribution in [-0.2, 0) is 20.9 Å². The lowest BCUT2D eigenvalue weighted by molar-refractivity contribution is -0.137. The molecule has 312 valence electrons. The zero-order valence-corrected chi connectivity index (χ0v) is 33.6. The summed E-state index contributed by atoms with van der Waals surface area (Å²) in [6, 6.07) is 19.1. The normalized spacial score (nSPS) is 16.2. The Hall–Kier alpha value is -6.79. The number of para-hydroxylation sites is 1. The van der Waals surface area contributed by atoms with E-state index in [1.54, 1.807) is 48.3 Å². The number of hydrogen-bond acceptors (Lipinski definition) is 12. The average molecular weight is 837 g/mol. The number of carbonyl (C=O) groups excluding carboxylic acids is 6. The van der Waals surface area contributed by atoms with Gasteiger partial charge in [0.25, 0.3) is 11.8 Å². The Balaban J connectivity index is 0.785. The first-order valence-corrected chi connectivity index (χ1v) is 20.0. The van der Waals surface area contributed by atoms with Crippen LogP contribution in [0.3, 0.4) is 0 Å². The van der Waals surface area contributed by atoms with Gasteiger partial charge in [-0.25, -0.2) is 9.78 Å². The molecule has 1 atom stereocenters. The van der Waals surface area contributed by atoms with Crippen LogP contribution >= 0.6 is 11.6 Å². The van der Waals surface area contributed by atoms with Crippen molar-refractivity contribution in [2.75, 3.05) is 73.7 Å². The molecule has 7 rings (SSSR count). The maximum Gasteiger partial charge on any atom is 0.317 e. The van der Waals surface area contributed by atoms with Gasteiger partial charge in [-0.1, -0.05) is 23.7 Å².